The molecule has 2 saturated carbocycles. The minimum atomic E-state index is -2.98. The number of carbonyl (C=O) groups excluding carboxylic acids is 2. The first kappa shape index (κ1) is 53.3. The quantitative estimate of drug-likeness (QED) is 0.110. The molecule has 20 heteroatoms. The highest BCUT2D eigenvalue weighted by Crippen LogP contribution is 2.53. The van der Waals surface area contributed by atoms with Crippen molar-refractivity contribution in [3.8, 4) is 0 Å². The minimum Gasteiger partial charge on any atom is -0.458 e. The van der Waals surface area contributed by atoms with Gasteiger partial charge >= 0.3 is 11.9 Å². The van der Waals surface area contributed by atoms with Crippen LogP contribution in [-0.2, 0) is 19.1 Å². The summed E-state index contributed by atoms with van der Waals surface area (Å²) in [5, 5.41) is 53.0. The van der Waals surface area contributed by atoms with E-state index >= 15 is 9.59 Å². The molecule has 0 bridgehead atoms. The summed E-state index contributed by atoms with van der Waals surface area (Å²) in [5.74, 6) is -2.98. The molecule has 3 heterocycles. The van der Waals surface area contributed by atoms with Crippen molar-refractivity contribution in [1.82, 2.24) is 20.9 Å². The van der Waals surface area contributed by atoms with Gasteiger partial charge in [0.05, 0.1) is 9.85 Å². The van der Waals surface area contributed by atoms with Gasteiger partial charge in [-0.05, 0) is 83.4 Å². The van der Waals surface area contributed by atoms with Crippen molar-refractivity contribution in [2.24, 2.45) is 67.2 Å². The largest absolute Gasteiger partial charge is 0.458 e. The molecule has 8 unspecified atom stereocenters. The molecule has 70 heavy (non-hydrogen) atoms. The van der Waals surface area contributed by atoms with Crippen molar-refractivity contribution in [3.05, 3.63) is 77.8 Å². The second kappa shape index (κ2) is 18.2. The molecule has 3 fully saturated rings. The van der Waals surface area contributed by atoms with Crippen LogP contribution in [0.5, 0.6) is 0 Å². The van der Waals surface area contributed by atoms with Gasteiger partial charge in [0, 0.05) is 46.9 Å². The van der Waals surface area contributed by atoms with Crippen molar-refractivity contribution in [2.45, 2.75) is 159 Å². The number of nitrogens with zero attached hydrogens (tertiary/aromatic N) is 6. The number of hydrogen-bond donors (Lipinski definition) is 4. The second-order valence-corrected chi connectivity index (χ2v) is 25.6. The normalized spacial score (nSPS) is 32.9. The smallest absolute Gasteiger partial charge is 0.359 e. The van der Waals surface area contributed by atoms with Crippen LogP contribution in [0.2, 0.25) is 10.0 Å². The number of piperazine rings is 1. The van der Waals surface area contributed by atoms with Gasteiger partial charge in [0.15, 0.2) is 12.3 Å². The molecule has 0 aromatic heterocycles. The summed E-state index contributed by atoms with van der Waals surface area (Å²) in [5.41, 5.74) is -2.41. The number of ether oxygens (including phenoxy) is 2. The Morgan fingerprint density at radius 2 is 0.900 bits per heavy atom. The number of hydrogen-bond acceptors (Lipinski definition) is 16. The number of nitrogens with one attached hydrogen (secondary N) is 2. The average molecular weight is 1010 g/mol. The van der Waals surface area contributed by atoms with Gasteiger partial charge in [0.2, 0.25) is 0 Å². The molecule has 384 valence electrons. The first-order chi connectivity index (χ1) is 32.1. The number of aliphatic hydroxyl groups is 2. The summed E-state index contributed by atoms with van der Waals surface area (Å²) in [6.07, 6.45) is -2.58. The molecular formula is C50H70Cl2N8O10. The zero-order chi connectivity index (χ0) is 52.2. The van der Waals surface area contributed by atoms with E-state index in [1.165, 1.54) is 24.3 Å². The van der Waals surface area contributed by atoms with Crippen LogP contribution in [0.25, 0.3) is 0 Å². The number of halogens is 2. The minimum absolute atomic E-state index is 0.0615. The molecule has 8 atom stereocenters. The highest BCUT2D eigenvalue weighted by atomic mass is 35.5. The molecule has 0 radical (unpaired) electrons. The lowest BCUT2D eigenvalue weighted by atomic mass is 9.59. The highest BCUT2D eigenvalue weighted by Gasteiger charge is 2.75. The van der Waals surface area contributed by atoms with Crippen molar-refractivity contribution in [1.29, 1.82) is 0 Å². The van der Waals surface area contributed by atoms with Crippen LogP contribution in [0.1, 0.15) is 134 Å². The Bertz CT molecular complexity index is 2280. The highest BCUT2D eigenvalue weighted by molar-refractivity contribution is 6.33. The maximum absolute atomic E-state index is 15.7. The Balaban J connectivity index is 1.45. The van der Waals surface area contributed by atoms with Crippen molar-refractivity contribution < 1.29 is 39.1 Å². The summed E-state index contributed by atoms with van der Waals surface area (Å²) < 4.78 is 13.4. The van der Waals surface area contributed by atoms with E-state index in [9.17, 15) is 30.4 Å². The Kier molecular flexibility index (Phi) is 13.9. The summed E-state index contributed by atoms with van der Waals surface area (Å²) >= 11 is 12.5. The van der Waals surface area contributed by atoms with Crippen LogP contribution in [0, 0.1) is 77.4 Å². The maximum Gasteiger partial charge on any atom is 0.359 e. The first-order valence-electron chi connectivity index (χ1n) is 24.1. The standard InChI is InChI=1S/C50H70Cl2N8O10/c1-25-19-29(45(3,4)5)37(30(20-25)46(6,7)8)69-43(61)49(63)41-53-39(27-15-17-33(51)35(23-27)59(65)66)56-58(41)50(64,42-54-40(55-57(42)49)28-16-18-34(52)36(24-28)60(67)68)44(62)70-38-31(47(9,10)11)21-26(2)22-32(38)48(12,13)14/h15-18,23-26,29-32,37-38,41-42,63-64H,19-22H2,1-14H3,(H,53,56)(H,54,55). The van der Waals surface area contributed by atoms with E-state index in [0.29, 0.717) is 25.7 Å². The SMILES string of the molecule is CC1CC(C(C)(C)C)C(OC(=O)C2(O)C3N=C(c4ccc(Cl)c([N+](=O)[O-])c4)NN3C(O)(C(=O)OC3C(C(C)(C)C)CC(C)CC3C(C)(C)C)C3N=C(c4ccc(Cl)c([N+](=O)[O-])c4)NN32)C(C(C)(C)C)C1. The van der Waals surface area contributed by atoms with Crippen molar-refractivity contribution >= 4 is 58.2 Å². The van der Waals surface area contributed by atoms with Crippen LogP contribution >= 0.6 is 23.2 Å². The van der Waals surface area contributed by atoms with E-state index in [-0.39, 0.29) is 90.0 Å². The van der Waals surface area contributed by atoms with Crippen LogP contribution < -0.4 is 10.9 Å². The zero-order valence-corrected chi connectivity index (χ0v) is 44.2. The van der Waals surface area contributed by atoms with Gasteiger partial charge in [-0.15, -0.1) is 10.0 Å². The zero-order valence-electron chi connectivity index (χ0n) is 42.7. The average Bonchev–Trinajstić information content (AvgIpc) is 3.90. The van der Waals surface area contributed by atoms with E-state index in [1.807, 2.05) is 0 Å². The van der Waals surface area contributed by atoms with Gasteiger partial charge in [-0.3, -0.25) is 31.1 Å². The fourth-order valence-electron chi connectivity index (χ4n) is 11.5. The maximum atomic E-state index is 15.7. The summed E-state index contributed by atoms with van der Waals surface area (Å²) in [6.45, 7) is 29.3. The molecule has 2 aromatic carbocycles. The summed E-state index contributed by atoms with van der Waals surface area (Å²) in [7, 11) is 0. The molecule has 18 nitrogen and oxygen atoms in total. The molecule has 2 aromatic rings. The lowest BCUT2D eigenvalue weighted by molar-refractivity contribution is -0.384. The van der Waals surface area contributed by atoms with E-state index < -0.39 is 69.1 Å². The topological polar surface area (TPSA) is 235 Å². The molecule has 1 saturated heterocycles. The Morgan fingerprint density at radius 3 is 1.16 bits per heavy atom. The van der Waals surface area contributed by atoms with Gasteiger partial charge in [-0.1, -0.05) is 120 Å². The number of carbonyl (C=O) groups is 2. The fraction of sp³-hybridized carbons (Fsp3) is 0.680. The lowest BCUT2D eigenvalue weighted by Crippen LogP contribution is -2.85. The van der Waals surface area contributed by atoms with Crippen LogP contribution in [0.3, 0.4) is 0 Å². The van der Waals surface area contributed by atoms with Crippen LogP contribution in [0.4, 0.5) is 11.4 Å². The molecule has 3 aliphatic heterocycles. The molecular weight excluding hydrogens is 944 g/mol. The third-order valence-electron chi connectivity index (χ3n) is 15.5. The molecule has 0 spiro atoms. The molecule has 0 amide bonds. The molecule has 7 rings (SSSR count). The van der Waals surface area contributed by atoms with E-state index in [4.69, 9.17) is 42.7 Å². The Morgan fingerprint density at radius 1 is 0.614 bits per heavy atom. The Labute approximate surface area is 420 Å². The van der Waals surface area contributed by atoms with E-state index in [0.717, 1.165) is 22.2 Å². The number of benzene rings is 2. The van der Waals surface area contributed by atoms with E-state index in [2.05, 4.69) is 108 Å². The van der Waals surface area contributed by atoms with Crippen LogP contribution in [0.15, 0.2) is 46.4 Å². The number of nitro benzene ring substituents is 2. The third-order valence-corrected chi connectivity index (χ3v) is 16.1. The number of nitro groups is 2. The van der Waals surface area contributed by atoms with Crippen LogP contribution in [-0.4, -0.2) is 89.7 Å². The molecule has 4 N–H and O–H groups in total. The number of esters is 2. The summed E-state index contributed by atoms with van der Waals surface area (Å²) in [6, 6.07) is 7.69. The predicted octanol–water partition coefficient (Wildman–Crippen LogP) is 9.02. The van der Waals surface area contributed by atoms with E-state index in [1.54, 1.807) is 0 Å². The second-order valence-electron chi connectivity index (χ2n) is 24.7. The number of aliphatic imine (C=N–C) groups is 2. The molecule has 2 aliphatic carbocycles. The third kappa shape index (κ3) is 9.52. The van der Waals surface area contributed by atoms with Gasteiger partial charge in [0.25, 0.3) is 22.8 Å². The van der Waals surface area contributed by atoms with Crippen molar-refractivity contribution in [2.75, 3.05) is 0 Å². The number of rotatable bonds is 8. The summed E-state index contributed by atoms with van der Waals surface area (Å²) in [4.78, 5) is 63.8. The van der Waals surface area contributed by atoms with Gasteiger partial charge < -0.3 is 19.7 Å². The van der Waals surface area contributed by atoms with Gasteiger partial charge in [0.1, 0.15) is 33.9 Å². The van der Waals surface area contributed by atoms with Crippen molar-refractivity contribution in [3.63, 3.8) is 0 Å². The number of amidine groups is 2. The molecule has 5 aliphatic rings. The van der Waals surface area contributed by atoms with Gasteiger partial charge in [-0.25, -0.2) is 19.6 Å². The Hall–Kier alpha value is -4.46. The lowest BCUT2D eigenvalue weighted by Gasteiger charge is -2.55. The number of hydrazine groups is 2. The fourth-order valence-corrected chi connectivity index (χ4v) is 11.9. The van der Waals surface area contributed by atoms with Gasteiger partial charge in [-0.2, -0.15) is 0 Å². The predicted molar refractivity (Wildman–Crippen MR) is 265 cm³/mol. The number of fused-ring (bicyclic) bond motifs is 2. The first-order valence-corrected chi connectivity index (χ1v) is 24.9. The monoisotopic (exact) mass is 1010 g/mol.